The monoisotopic (exact) mass is 664 g/mol. The van der Waals surface area contributed by atoms with Crippen molar-refractivity contribution in [2.45, 2.75) is 25.9 Å². The molecule has 0 aliphatic heterocycles. The largest absolute Gasteiger partial charge is 0.490 e. The molecule has 0 radical (unpaired) electrons. The molecule has 45 heavy (non-hydrogen) atoms. The molecule has 2 aromatic heterocycles. The van der Waals surface area contributed by atoms with Crippen LogP contribution in [0.3, 0.4) is 0 Å². The van der Waals surface area contributed by atoms with Crippen molar-refractivity contribution in [3.8, 4) is 5.69 Å². The highest BCUT2D eigenvalue weighted by atomic mass is 35.5. The number of nitrogens with one attached hydrogen (secondary N) is 2. The van der Waals surface area contributed by atoms with Gasteiger partial charge in [-0.25, -0.2) is 23.8 Å². The second-order valence-electron chi connectivity index (χ2n) is 9.56. The van der Waals surface area contributed by atoms with E-state index in [0.717, 1.165) is 5.56 Å². The molecule has 1 atom stereocenters. The van der Waals surface area contributed by atoms with Crippen molar-refractivity contribution in [2.75, 3.05) is 6.54 Å². The van der Waals surface area contributed by atoms with Gasteiger partial charge in [0.25, 0.3) is 11.5 Å². The van der Waals surface area contributed by atoms with Crippen molar-refractivity contribution >= 4 is 46.1 Å². The molecule has 0 saturated heterocycles. The van der Waals surface area contributed by atoms with Crippen LogP contribution in [0.2, 0.25) is 10.0 Å². The molecule has 16 heteroatoms. The first-order valence-electron chi connectivity index (χ1n) is 12.9. The number of carbonyl (C=O) groups excluding carboxylic acids is 1. The number of carboxylic acids is 1. The number of amides is 1. The van der Waals surface area contributed by atoms with Crippen LogP contribution in [0.4, 0.5) is 17.6 Å². The first kappa shape index (κ1) is 33.1. The van der Waals surface area contributed by atoms with Crippen molar-refractivity contribution in [3.63, 3.8) is 0 Å². The minimum atomic E-state index is -5.08. The number of nitrogens with zero attached hydrogens (tertiary/aromatic N) is 4. The van der Waals surface area contributed by atoms with Crippen LogP contribution in [-0.2, 0) is 4.79 Å². The molecular formula is C29H22Cl2F4N6O4. The van der Waals surface area contributed by atoms with Crippen LogP contribution in [0, 0.1) is 19.7 Å². The van der Waals surface area contributed by atoms with Gasteiger partial charge in [-0.1, -0.05) is 47.5 Å². The van der Waals surface area contributed by atoms with Crippen LogP contribution in [-0.4, -0.2) is 54.4 Å². The maximum atomic E-state index is 14.2. The summed E-state index contributed by atoms with van der Waals surface area (Å²) >= 11 is 12.9. The summed E-state index contributed by atoms with van der Waals surface area (Å²) in [5.74, 6) is -3.98. The molecule has 0 bridgehead atoms. The number of hydrogen-bond donors (Lipinski definition) is 3. The molecule has 0 saturated carbocycles. The van der Waals surface area contributed by atoms with E-state index >= 15 is 0 Å². The van der Waals surface area contributed by atoms with Crippen LogP contribution in [0.15, 0.2) is 65.7 Å². The highest BCUT2D eigenvalue weighted by Gasteiger charge is 2.38. The fourth-order valence-electron chi connectivity index (χ4n) is 4.26. The minimum Gasteiger partial charge on any atom is -0.475 e. The van der Waals surface area contributed by atoms with E-state index in [4.69, 9.17) is 33.1 Å². The van der Waals surface area contributed by atoms with Crippen molar-refractivity contribution in [3.05, 3.63) is 115 Å². The van der Waals surface area contributed by atoms with Gasteiger partial charge in [-0.3, -0.25) is 9.59 Å². The molecule has 0 aliphatic rings. The molecule has 10 nitrogen and oxygen atoms in total. The van der Waals surface area contributed by atoms with E-state index in [-0.39, 0.29) is 27.8 Å². The van der Waals surface area contributed by atoms with E-state index in [2.05, 4.69) is 25.4 Å². The van der Waals surface area contributed by atoms with Gasteiger partial charge in [-0.05, 0) is 55.3 Å². The van der Waals surface area contributed by atoms with E-state index in [1.807, 2.05) is 19.1 Å². The van der Waals surface area contributed by atoms with Crippen LogP contribution in [0.5, 0.6) is 0 Å². The van der Waals surface area contributed by atoms with E-state index in [9.17, 15) is 27.2 Å². The molecule has 0 spiro atoms. The molecule has 3 aromatic carbocycles. The van der Waals surface area contributed by atoms with Crippen molar-refractivity contribution in [1.29, 1.82) is 0 Å². The van der Waals surface area contributed by atoms with E-state index < -0.39 is 35.3 Å². The summed E-state index contributed by atoms with van der Waals surface area (Å²) in [5, 5.41) is 14.4. The number of aryl methyl sites for hydroxylation is 2. The number of carboxylic acid groups (broad SMARTS) is 1. The number of para-hydroxylation sites is 1. The van der Waals surface area contributed by atoms with Crippen LogP contribution in [0.1, 0.15) is 38.9 Å². The zero-order valence-electron chi connectivity index (χ0n) is 23.3. The number of carbonyl (C=O) groups is 2. The third-order valence-corrected chi connectivity index (χ3v) is 6.97. The number of hydrogen-bond acceptors (Lipinski definition) is 6. The third-order valence-electron chi connectivity index (χ3n) is 6.38. The summed E-state index contributed by atoms with van der Waals surface area (Å²) in [5.41, 5.74) is 2.84. The second-order valence-corrected chi connectivity index (χ2v) is 10.4. The first-order valence-corrected chi connectivity index (χ1v) is 13.6. The predicted octanol–water partition coefficient (Wildman–Crippen LogP) is 5.76. The number of H-pyrrole nitrogens is 1. The fraction of sp³-hybridized carbons (Fsp3) is 0.172. The van der Waals surface area contributed by atoms with Crippen molar-refractivity contribution in [2.24, 2.45) is 0 Å². The minimum absolute atomic E-state index is 0.0583. The molecule has 1 unspecified atom stereocenters. The Morgan fingerprint density at radius 2 is 1.71 bits per heavy atom. The van der Waals surface area contributed by atoms with Crippen LogP contribution < -0.4 is 10.9 Å². The summed E-state index contributed by atoms with van der Waals surface area (Å²) in [6.07, 6.45) is -3.57. The summed E-state index contributed by atoms with van der Waals surface area (Å²) in [6.45, 7) is 3.55. The van der Waals surface area contributed by atoms with Crippen LogP contribution in [0.25, 0.3) is 16.7 Å². The smallest absolute Gasteiger partial charge is 0.475 e. The Bertz CT molecular complexity index is 1940. The molecule has 2 heterocycles. The molecule has 0 aliphatic carbocycles. The fourth-order valence-corrected chi connectivity index (χ4v) is 4.91. The normalized spacial score (nSPS) is 11.9. The zero-order chi connectivity index (χ0) is 33.1. The molecule has 234 valence electrons. The number of benzene rings is 3. The highest BCUT2D eigenvalue weighted by Crippen LogP contribution is 2.29. The summed E-state index contributed by atoms with van der Waals surface area (Å²) in [6, 6.07) is 14.4. The lowest BCUT2D eigenvalue weighted by Gasteiger charge is -2.19. The Morgan fingerprint density at radius 3 is 2.29 bits per heavy atom. The molecule has 5 rings (SSSR count). The lowest BCUT2D eigenvalue weighted by molar-refractivity contribution is -0.192. The zero-order valence-corrected chi connectivity index (χ0v) is 24.8. The maximum absolute atomic E-state index is 14.2. The molecule has 1 amide bonds. The van der Waals surface area contributed by atoms with Gasteiger partial charge in [-0.2, -0.15) is 18.3 Å². The molecular weight excluding hydrogens is 643 g/mol. The first-order chi connectivity index (χ1) is 21.1. The number of aromatic amines is 1. The Hall–Kier alpha value is -4.82. The second kappa shape index (κ2) is 13.4. The number of aliphatic carboxylic acids is 1. The lowest BCUT2D eigenvalue weighted by atomic mass is 9.95. The van der Waals surface area contributed by atoms with E-state index in [1.54, 1.807) is 31.2 Å². The predicted molar refractivity (Wildman–Crippen MR) is 157 cm³/mol. The van der Waals surface area contributed by atoms with Crippen molar-refractivity contribution in [1.82, 2.24) is 30.0 Å². The van der Waals surface area contributed by atoms with Crippen molar-refractivity contribution < 1.29 is 32.3 Å². The quantitative estimate of drug-likeness (QED) is 0.196. The standard InChI is InChI=1S/C27H21Cl2FN6O2.C2HF3O2/c1-14-5-3-8-22-24(14)34-27(38)25(33-22)19(16-6-4-7-17(30)9-16)12-31-26(37)23-20(28)10-18(11-21(23)29)36-13-32-15(2)35-36;3-2(4,5)1(6)7/h3-11,13,19H,12H2,1-2H3,(H,31,37)(H,34,38);(H,6,7). The van der Waals surface area contributed by atoms with Gasteiger partial charge >= 0.3 is 12.1 Å². The summed E-state index contributed by atoms with van der Waals surface area (Å²) < 4.78 is 47.4. The molecule has 0 fully saturated rings. The topological polar surface area (TPSA) is 143 Å². The summed E-state index contributed by atoms with van der Waals surface area (Å²) in [7, 11) is 0. The van der Waals surface area contributed by atoms with E-state index in [1.165, 1.54) is 29.2 Å². The Kier molecular flexibility index (Phi) is 9.88. The highest BCUT2D eigenvalue weighted by molar-refractivity contribution is 6.40. The third kappa shape index (κ3) is 7.83. The Balaban J connectivity index is 0.000000591. The lowest BCUT2D eigenvalue weighted by Crippen LogP contribution is -2.32. The summed E-state index contributed by atoms with van der Waals surface area (Å²) in [4.78, 5) is 46.8. The average molecular weight is 665 g/mol. The molecule has 3 N–H and O–H groups in total. The van der Waals surface area contributed by atoms with Gasteiger partial charge in [-0.15, -0.1) is 0 Å². The van der Waals surface area contributed by atoms with Crippen LogP contribution >= 0.6 is 23.2 Å². The van der Waals surface area contributed by atoms with Gasteiger partial charge in [0.05, 0.1) is 32.3 Å². The van der Waals surface area contributed by atoms with E-state index in [0.29, 0.717) is 28.1 Å². The maximum Gasteiger partial charge on any atom is 0.490 e. The van der Waals surface area contributed by atoms with Gasteiger partial charge in [0.15, 0.2) is 0 Å². The average Bonchev–Trinajstić information content (AvgIpc) is 3.40. The van der Waals surface area contributed by atoms with Gasteiger partial charge in [0.1, 0.15) is 23.7 Å². The number of rotatable bonds is 6. The Morgan fingerprint density at radius 1 is 1.07 bits per heavy atom. The number of alkyl halides is 3. The molecule has 5 aromatic rings. The van der Waals surface area contributed by atoms with Gasteiger partial charge in [0, 0.05) is 12.5 Å². The SMILES string of the molecule is Cc1ncn(-c2cc(Cl)c(C(=O)NCC(c3cccc(F)c3)c3nc4cccc(C)c4[nH]c3=O)c(Cl)c2)n1.O=C(O)C(F)(F)F. The van der Waals surface area contributed by atoms with Gasteiger partial charge < -0.3 is 15.4 Å². The Labute approximate surface area is 261 Å². The number of fused-ring (bicyclic) bond motifs is 1. The number of halogens is 6. The number of aromatic nitrogens is 5. The van der Waals surface area contributed by atoms with Gasteiger partial charge in [0.2, 0.25) is 0 Å².